The van der Waals surface area contributed by atoms with Crippen LogP contribution in [0.2, 0.25) is 0 Å². The van der Waals surface area contributed by atoms with Crippen molar-refractivity contribution < 1.29 is 4.39 Å². The van der Waals surface area contributed by atoms with E-state index < -0.39 is 0 Å². The van der Waals surface area contributed by atoms with Gasteiger partial charge in [-0.2, -0.15) is 0 Å². The lowest BCUT2D eigenvalue weighted by Crippen LogP contribution is -2.32. The highest BCUT2D eigenvalue weighted by atomic mass is 19.1. The minimum atomic E-state index is -0.163. The van der Waals surface area contributed by atoms with Gasteiger partial charge < -0.3 is 10.2 Å². The lowest BCUT2D eigenvalue weighted by molar-refractivity contribution is 0.409. The summed E-state index contributed by atoms with van der Waals surface area (Å²) in [5.74, 6) is 0.590. The van der Waals surface area contributed by atoms with E-state index in [4.69, 9.17) is 0 Å². The second-order valence-electron chi connectivity index (χ2n) is 5.40. The molecule has 2 fully saturated rings. The van der Waals surface area contributed by atoms with Gasteiger partial charge in [0, 0.05) is 31.4 Å². The van der Waals surface area contributed by atoms with Crippen LogP contribution in [0.5, 0.6) is 0 Å². The van der Waals surface area contributed by atoms with Crippen molar-refractivity contribution in [3.63, 3.8) is 0 Å². The Morgan fingerprint density at radius 3 is 2.65 bits per heavy atom. The Balaban J connectivity index is 1.63. The molecule has 17 heavy (non-hydrogen) atoms. The Kier molecular flexibility index (Phi) is 2.79. The van der Waals surface area contributed by atoms with Crippen LogP contribution in [0.1, 0.15) is 19.3 Å². The summed E-state index contributed by atoms with van der Waals surface area (Å²) in [4.78, 5) is 2.24. The summed E-state index contributed by atoms with van der Waals surface area (Å²) in [5.41, 5.74) is 1.11. The fraction of sp³-hybridized carbons (Fsp3) is 0.571. The number of nitrogens with zero attached hydrogens (tertiary/aromatic N) is 1. The lowest BCUT2D eigenvalue weighted by Gasteiger charge is -2.27. The zero-order valence-corrected chi connectivity index (χ0v) is 10.2. The minimum absolute atomic E-state index is 0.163. The summed E-state index contributed by atoms with van der Waals surface area (Å²) in [6.07, 6.45) is 3.98. The molecule has 1 aromatic rings. The summed E-state index contributed by atoms with van der Waals surface area (Å²) >= 11 is 0. The van der Waals surface area contributed by atoms with E-state index in [0.29, 0.717) is 6.04 Å². The standard InChI is InChI=1S/C14H19FN2/c1-17(13-5-2-11(15)3-6-13)9-10-8-12-4-7-14(10)16-12/h2-3,5-6,10,12,14,16H,4,7-9H2,1H3. The molecule has 2 aliphatic heterocycles. The Morgan fingerprint density at radius 2 is 2.06 bits per heavy atom. The van der Waals surface area contributed by atoms with Crippen molar-refractivity contribution in [3.8, 4) is 0 Å². The molecule has 3 atom stereocenters. The van der Waals surface area contributed by atoms with Gasteiger partial charge in [0.05, 0.1) is 0 Å². The molecule has 3 rings (SSSR count). The third kappa shape index (κ3) is 2.16. The summed E-state index contributed by atoms with van der Waals surface area (Å²) in [7, 11) is 2.10. The first-order valence-corrected chi connectivity index (χ1v) is 6.45. The van der Waals surface area contributed by atoms with E-state index in [1.165, 1.54) is 31.4 Å². The number of halogens is 1. The molecule has 1 aromatic carbocycles. The normalized spacial score (nSPS) is 30.8. The monoisotopic (exact) mass is 234 g/mol. The maximum Gasteiger partial charge on any atom is 0.123 e. The highest BCUT2D eigenvalue weighted by molar-refractivity contribution is 5.45. The molecule has 2 saturated heterocycles. The second kappa shape index (κ2) is 4.30. The van der Waals surface area contributed by atoms with Gasteiger partial charge in [-0.25, -0.2) is 4.39 Å². The van der Waals surface area contributed by atoms with Crippen LogP contribution in [0.15, 0.2) is 24.3 Å². The Morgan fingerprint density at radius 1 is 1.29 bits per heavy atom. The molecule has 2 nitrogen and oxygen atoms in total. The van der Waals surface area contributed by atoms with Gasteiger partial charge >= 0.3 is 0 Å². The number of fused-ring (bicyclic) bond motifs is 2. The van der Waals surface area contributed by atoms with E-state index in [1.807, 2.05) is 12.1 Å². The fourth-order valence-electron chi connectivity index (χ4n) is 3.29. The van der Waals surface area contributed by atoms with E-state index in [9.17, 15) is 4.39 Å². The van der Waals surface area contributed by atoms with E-state index in [2.05, 4.69) is 17.3 Å². The van der Waals surface area contributed by atoms with Gasteiger partial charge in [0.15, 0.2) is 0 Å². The molecule has 2 aliphatic rings. The van der Waals surface area contributed by atoms with E-state index in [1.54, 1.807) is 0 Å². The predicted molar refractivity (Wildman–Crippen MR) is 67.7 cm³/mol. The first kappa shape index (κ1) is 11.0. The van der Waals surface area contributed by atoms with Crippen LogP contribution in [-0.2, 0) is 0 Å². The zero-order valence-electron chi connectivity index (χ0n) is 10.2. The molecule has 0 radical (unpaired) electrons. The van der Waals surface area contributed by atoms with E-state index in [-0.39, 0.29) is 5.82 Å². The van der Waals surface area contributed by atoms with Gasteiger partial charge in [0.2, 0.25) is 0 Å². The van der Waals surface area contributed by atoms with Gasteiger partial charge in [0.25, 0.3) is 0 Å². The second-order valence-corrected chi connectivity index (χ2v) is 5.40. The van der Waals surface area contributed by atoms with Crippen molar-refractivity contribution in [2.24, 2.45) is 5.92 Å². The van der Waals surface area contributed by atoms with Crippen molar-refractivity contribution in [2.75, 3.05) is 18.5 Å². The molecule has 1 N–H and O–H groups in total. The molecule has 0 spiro atoms. The average Bonchev–Trinajstić information content (AvgIpc) is 2.91. The molecule has 92 valence electrons. The predicted octanol–water partition coefficient (Wildman–Crippen LogP) is 2.40. The van der Waals surface area contributed by atoms with Gasteiger partial charge in [-0.05, 0) is 49.4 Å². The number of hydrogen-bond acceptors (Lipinski definition) is 2. The van der Waals surface area contributed by atoms with Gasteiger partial charge in [-0.3, -0.25) is 0 Å². The smallest absolute Gasteiger partial charge is 0.123 e. The maximum absolute atomic E-state index is 12.8. The summed E-state index contributed by atoms with van der Waals surface area (Å²) in [6, 6.07) is 8.25. The van der Waals surface area contributed by atoms with Crippen LogP contribution in [0.25, 0.3) is 0 Å². The van der Waals surface area contributed by atoms with E-state index >= 15 is 0 Å². The van der Waals surface area contributed by atoms with Crippen molar-refractivity contribution >= 4 is 5.69 Å². The van der Waals surface area contributed by atoms with Crippen LogP contribution in [-0.4, -0.2) is 25.7 Å². The summed E-state index contributed by atoms with van der Waals surface area (Å²) < 4.78 is 12.8. The summed E-state index contributed by atoms with van der Waals surface area (Å²) in [5, 5.41) is 3.66. The SMILES string of the molecule is CN(CC1CC2CCC1N2)c1ccc(F)cc1. The third-order valence-corrected chi connectivity index (χ3v) is 4.21. The highest BCUT2D eigenvalue weighted by Gasteiger charge is 2.39. The number of rotatable bonds is 3. The number of benzene rings is 1. The van der Waals surface area contributed by atoms with Crippen LogP contribution in [0.3, 0.4) is 0 Å². The number of anilines is 1. The molecule has 0 aliphatic carbocycles. The molecule has 0 saturated carbocycles. The molecule has 0 amide bonds. The highest BCUT2D eigenvalue weighted by Crippen LogP contribution is 2.34. The van der Waals surface area contributed by atoms with Crippen LogP contribution < -0.4 is 10.2 Å². The molecular weight excluding hydrogens is 215 g/mol. The van der Waals surface area contributed by atoms with E-state index in [0.717, 1.165) is 24.2 Å². The number of hydrogen-bond donors (Lipinski definition) is 1. The van der Waals surface area contributed by atoms with Crippen molar-refractivity contribution in [2.45, 2.75) is 31.3 Å². The van der Waals surface area contributed by atoms with Crippen molar-refractivity contribution in [3.05, 3.63) is 30.1 Å². The topological polar surface area (TPSA) is 15.3 Å². The average molecular weight is 234 g/mol. The van der Waals surface area contributed by atoms with Crippen molar-refractivity contribution in [1.82, 2.24) is 5.32 Å². The first-order chi connectivity index (χ1) is 8.22. The van der Waals surface area contributed by atoms with Gasteiger partial charge in [-0.1, -0.05) is 0 Å². The number of nitrogens with one attached hydrogen (secondary N) is 1. The molecule has 3 heteroatoms. The molecular formula is C14H19FN2. The first-order valence-electron chi connectivity index (χ1n) is 6.45. The zero-order chi connectivity index (χ0) is 11.8. The minimum Gasteiger partial charge on any atom is -0.374 e. The lowest BCUT2D eigenvalue weighted by atomic mass is 9.89. The largest absolute Gasteiger partial charge is 0.374 e. The third-order valence-electron chi connectivity index (χ3n) is 4.21. The fourth-order valence-corrected chi connectivity index (χ4v) is 3.29. The molecule has 3 unspecified atom stereocenters. The molecule has 2 heterocycles. The van der Waals surface area contributed by atoms with Crippen LogP contribution >= 0.6 is 0 Å². The molecule has 2 bridgehead atoms. The summed E-state index contributed by atoms with van der Waals surface area (Å²) in [6.45, 7) is 1.07. The van der Waals surface area contributed by atoms with Crippen molar-refractivity contribution in [1.29, 1.82) is 0 Å². The quantitative estimate of drug-likeness (QED) is 0.864. The van der Waals surface area contributed by atoms with Crippen LogP contribution in [0.4, 0.5) is 10.1 Å². The Bertz CT molecular complexity index is 390. The van der Waals surface area contributed by atoms with Gasteiger partial charge in [-0.15, -0.1) is 0 Å². The van der Waals surface area contributed by atoms with Gasteiger partial charge in [0.1, 0.15) is 5.82 Å². The maximum atomic E-state index is 12.8. The Labute approximate surface area is 102 Å². The van der Waals surface area contributed by atoms with Crippen LogP contribution in [0, 0.1) is 11.7 Å². The Hall–Kier alpha value is -1.09. The molecule has 0 aromatic heterocycles.